The first kappa shape index (κ1) is 23.4. The molecule has 2 aliphatic heterocycles. The van der Waals surface area contributed by atoms with E-state index in [2.05, 4.69) is 4.74 Å². The van der Waals surface area contributed by atoms with Gasteiger partial charge in [0, 0.05) is 18.6 Å². The van der Waals surface area contributed by atoms with Crippen LogP contribution in [0, 0.1) is 16.0 Å². The van der Waals surface area contributed by atoms with Crippen LogP contribution >= 0.6 is 23.2 Å². The summed E-state index contributed by atoms with van der Waals surface area (Å²) in [5.41, 5.74) is 0.539. The van der Waals surface area contributed by atoms with Gasteiger partial charge < -0.3 is 14.6 Å². The van der Waals surface area contributed by atoms with Crippen LogP contribution in [0.5, 0.6) is 0 Å². The van der Waals surface area contributed by atoms with Crippen molar-refractivity contribution >= 4 is 40.8 Å². The average molecular weight is 476 g/mol. The van der Waals surface area contributed by atoms with Gasteiger partial charge in [0.2, 0.25) is 6.54 Å². The number of hydrogen-bond donors (Lipinski definition) is 1. The van der Waals surface area contributed by atoms with E-state index in [9.17, 15) is 24.8 Å². The summed E-state index contributed by atoms with van der Waals surface area (Å²) >= 11 is 12.1. The number of halogens is 2. The van der Waals surface area contributed by atoms with E-state index in [1.165, 1.54) is 31.4 Å². The fourth-order valence-corrected chi connectivity index (χ4v) is 4.27. The van der Waals surface area contributed by atoms with Crippen LogP contribution in [-0.2, 0) is 30.5 Å². The molecular weight excluding hydrogens is 455 g/mol. The number of fused-ring (bicyclic) bond motifs is 1. The normalized spacial score (nSPS) is 27.8. The van der Waals surface area contributed by atoms with Crippen molar-refractivity contribution in [2.45, 2.75) is 38.3 Å². The molecule has 0 amide bonds. The van der Waals surface area contributed by atoms with Gasteiger partial charge in [-0.15, -0.1) is 9.48 Å². The molecule has 2 saturated heterocycles. The zero-order valence-electron chi connectivity index (χ0n) is 16.7. The number of hydrogen-bond acceptors (Lipinski definition) is 8. The molecule has 0 radical (unpaired) electrons. The Morgan fingerprint density at radius 1 is 1.32 bits per heavy atom. The second-order valence-corrected chi connectivity index (χ2v) is 8.23. The van der Waals surface area contributed by atoms with Crippen LogP contribution in [0.25, 0.3) is 0 Å². The first-order valence-electron chi connectivity index (χ1n) is 9.36. The standard InChI is InChI=1S/C19H21Cl2N2O8/c1-10(24)16-14(7-13(20)17(21)19(26)29-2)23(18(16)31-23)8-15(25)30-9-11-3-5-12(6-4-11)22(27)28/h3-6,10,14,16,18,24H,7-9H2,1-2H3/q+1/t10-,14-,16+,18?,23-/m1/s1. The molecule has 0 saturated carbocycles. The summed E-state index contributed by atoms with van der Waals surface area (Å²) in [5.74, 6) is -1.62. The Morgan fingerprint density at radius 3 is 2.52 bits per heavy atom. The molecule has 1 N–H and O–H groups in total. The van der Waals surface area contributed by atoms with Crippen LogP contribution in [0.15, 0.2) is 34.3 Å². The van der Waals surface area contributed by atoms with Crippen LogP contribution < -0.4 is 0 Å². The first-order valence-corrected chi connectivity index (χ1v) is 10.1. The molecule has 31 heavy (non-hydrogen) atoms. The van der Waals surface area contributed by atoms with E-state index in [4.69, 9.17) is 32.8 Å². The van der Waals surface area contributed by atoms with Crippen molar-refractivity contribution in [2.24, 2.45) is 5.92 Å². The predicted octanol–water partition coefficient (Wildman–Crippen LogP) is 2.36. The summed E-state index contributed by atoms with van der Waals surface area (Å²) in [4.78, 5) is 39.9. The molecule has 0 spiro atoms. The van der Waals surface area contributed by atoms with Gasteiger partial charge in [0.15, 0.2) is 0 Å². The number of rotatable bonds is 9. The number of esters is 2. The van der Waals surface area contributed by atoms with Crippen molar-refractivity contribution in [3.63, 3.8) is 0 Å². The van der Waals surface area contributed by atoms with Crippen molar-refractivity contribution in [3.8, 4) is 0 Å². The number of non-ortho nitro benzene ring substituents is 1. The minimum absolute atomic E-state index is 0.0508. The molecule has 0 bridgehead atoms. The molecule has 0 aliphatic carbocycles. The molecule has 10 nitrogen and oxygen atoms in total. The minimum atomic E-state index is -0.781. The van der Waals surface area contributed by atoms with Gasteiger partial charge >= 0.3 is 11.9 Å². The van der Waals surface area contributed by atoms with Crippen LogP contribution in [0.1, 0.15) is 18.9 Å². The van der Waals surface area contributed by atoms with Gasteiger partial charge in [-0.2, -0.15) is 0 Å². The Hall–Kier alpha value is -2.24. The van der Waals surface area contributed by atoms with Crippen molar-refractivity contribution in [1.29, 1.82) is 0 Å². The van der Waals surface area contributed by atoms with E-state index >= 15 is 0 Å². The molecule has 1 unspecified atom stereocenters. The number of nitro benzene ring substituents is 1. The number of quaternary nitrogens is 1. The number of aliphatic hydroxyl groups excluding tert-OH is 1. The van der Waals surface area contributed by atoms with Gasteiger partial charge in [-0.1, -0.05) is 23.2 Å². The first-order chi connectivity index (χ1) is 14.6. The quantitative estimate of drug-likeness (QED) is 0.144. The number of nitro groups is 1. The van der Waals surface area contributed by atoms with E-state index in [0.717, 1.165) is 0 Å². The Bertz CT molecular complexity index is 920. The molecule has 3 rings (SSSR count). The van der Waals surface area contributed by atoms with Crippen LogP contribution in [0.3, 0.4) is 0 Å². The number of hydroxylamine groups is 3. The highest BCUT2D eigenvalue weighted by molar-refractivity contribution is 6.47. The lowest BCUT2D eigenvalue weighted by Gasteiger charge is -2.37. The maximum atomic E-state index is 12.4. The number of aliphatic hydroxyl groups is 1. The SMILES string of the molecule is COC(=O)C(Cl)=C(Cl)C[C@@H]1[C@H]([C@@H](C)O)C2O[N@@+]21CC(=O)OCc1ccc([N+](=O)[O-])cc1. The lowest BCUT2D eigenvalue weighted by atomic mass is 9.82. The summed E-state index contributed by atoms with van der Waals surface area (Å²) in [6.07, 6.45) is -0.989. The van der Waals surface area contributed by atoms with Gasteiger partial charge in [-0.3, -0.25) is 10.1 Å². The Labute approximate surface area is 187 Å². The van der Waals surface area contributed by atoms with Crippen LogP contribution in [-0.4, -0.2) is 58.6 Å². The van der Waals surface area contributed by atoms with E-state index < -0.39 is 29.0 Å². The zero-order valence-corrected chi connectivity index (χ0v) is 18.2. The number of nitrogens with zero attached hydrogens (tertiary/aromatic N) is 2. The Balaban J connectivity index is 1.62. The molecular formula is C19H21Cl2N2O8+. The van der Waals surface area contributed by atoms with E-state index in [1.807, 2.05) is 0 Å². The zero-order chi connectivity index (χ0) is 22.9. The van der Waals surface area contributed by atoms with E-state index in [0.29, 0.717) is 5.56 Å². The monoisotopic (exact) mass is 475 g/mol. The summed E-state index contributed by atoms with van der Waals surface area (Å²) < 4.78 is 9.75. The maximum Gasteiger partial charge on any atom is 0.365 e. The van der Waals surface area contributed by atoms with Gasteiger partial charge in [-0.25, -0.2) is 9.59 Å². The summed E-state index contributed by atoms with van der Waals surface area (Å²) in [6.45, 7) is 1.44. The fourth-order valence-electron chi connectivity index (χ4n) is 3.88. The molecule has 2 fully saturated rings. The lowest BCUT2D eigenvalue weighted by molar-refractivity contribution is -0.970. The molecule has 2 aliphatic rings. The van der Waals surface area contributed by atoms with Crippen molar-refractivity contribution in [3.05, 3.63) is 50.0 Å². The van der Waals surface area contributed by atoms with Gasteiger partial charge in [0.25, 0.3) is 11.9 Å². The fraction of sp³-hybridized carbons (Fsp3) is 0.474. The van der Waals surface area contributed by atoms with Crippen molar-refractivity contribution in [2.75, 3.05) is 13.7 Å². The number of benzene rings is 1. The molecule has 12 heteroatoms. The number of methoxy groups -OCH3 is 1. The van der Waals surface area contributed by atoms with Gasteiger partial charge in [0.05, 0.1) is 23.2 Å². The van der Waals surface area contributed by atoms with Crippen molar-refractivity contribution < 1.29 is 38.6 Å². The third-order valence-electron chi connectivity index (χ3n) is 5.50. The molecule has 168 valence electrons. The Kier molecular flexibility index (Phi) is 6.87. The number of carbonyl (C=O) groups is 2. The van der Waals surface area contributed by atoms with Crippen LogP contribution in [0.4, 0.5) is 5.69 Å². The van der Waals surface area contributed by atoms with E-state index in [1.54, 1.807) is 6.92 Å². The third-order valence-corrected chi connectivity index (χ3v) is 6.32. The topological polar surface area (TPSA) is 128 Å². The highest BCUT2D eigenvalue weighted by Gasteiger charge is 2.82. The predicted molar refractivity (Wildman–Crippen MR) is 107 cm³/mol. The largest absolute Gasteiger partial charge is 0.465 e. The van der Waals surface area contributed by atoms with Crippen molar-refractivity contribution in [1.82, 2.24) is 0 Å². The summed E-state index contributed by atoms with van der Waals surface area (Å²) in [6, 6.07) is 5.26. The average Bonchev–Trinajstić information content (AvgIpc) is 3.35. The summed E-state index contributed by atoms with van der Waals surface area (Å²) in [7, 11) is 1.18. The highest BCUT2D eigenvalue weighted by atomic mass is 35.5. The number of ether oxygens (including phenoxy) is 2. The number of carbonyl (C=O) groups excluding carboxylic acids is 2. The van der Waals surface area contributed by atoms with Gasteiger partial charge in [0.1, 0.15) is 23.6 Å². The maximum absolute atomic E-state index is 12.4. The highest BCUT2D eigenvalue weighted by Crippen LogP contribution is 2.58. The van der Waals surface area contributed by atoms with E-state index in [-0.39, 0.29) is 52.1 Å². The third kappa shape index (κ3) is 4.68. The summed E-state index contributed by atoms with van der Waals surface area (Å²) in [5, 5.41) is 20.6. The second-order valence-electron chi connectivity index (χ2n) is 7.39. The van der Waals surface area contributed by atoms with Gasteiger partial charge in [-0.05, 0) is 24.6 Å². The molecule has 2 heterocycles. The smallest absolute Gasteiger partial charge is 0.365 e. The lowest BCUT2D eigenvalue weighted by Crippen LogP contribution is -2.62. The van der Waals surface area contributed by atoms with Crippen LogP contribution in [0.2, 0.25) is 0 Å². The molecule has 5 atom stereocenters. The molecule has 1 aromatic rings. The molecule has 0 aromatic heterocycles. The minimum Gasteiger partial charge on any atom is -0.465 e. The second kappa shape index (κ2) is 9.09. The Morgan fingerprint density at radius 2 is 1.97 bits per heavy atom. The molecule has 1 aromatic carbocycles.